The number of carbonyl (C=O) groups excluding carboxylic acids is 1. The van der Waals surface area contributed by atoms with E-state index in [0.717, 1.165) is 34.5 Å². The summed E-state index contributed by atoms with van der Waals surface area (Å²) in [5, 5.41) is 0. The zero-order chi connectivity index (χ0) is 21.4. The number of aromatic amines is 1. The number of carbonyl (C=O) groups is 1. The maximum absolute atomic E-state index is 12.7. The summed E-state index contributed by atoms with van der Waals surface area (Å²) in [4.78, 5) is 32.2. The van der Waals surface area contributed by atoms with Crippen molar-refractivity contribution in [3.8, 4) is 11.4 Å². The molecule has 1 fully saturated rings. The predicted molar refractivity (Wildman–Crippen MR) is 115 cm³/mol. The molecular formula is C24H21N3O4. The number of pyridine rings is 1. The second-order valence-corrected chi connectivity index (χ2v) is 7.64. The highest BCUT2D eigenvalue weighted by Gasteiger charge is 2.46. The summed E-state index contributed by atoms with van der Waals surface area (Å²) < 4.78 is 12.1. The van der Waals surface area contributed by atoms with Gasteiger partial charge in [0.25, 0.3) is 5.56 Å². The van der Waals surface area contributed by atoms with Crippen LogP contribution in [0.3, 0.4) is 0 Å². The molecule has 4 aromatic rings. The molecule has 0 amide bonds. The summed E-state index contributed by atoms with van der Waals surface area (Å²) in [7, 11) is 1.40. The first-order valence-electron chi connectivity index (χ1n) is 10.1. The van der Waals surface area contributed by atoms with Gasteiger partial charge in [-0.3, -0.25) is 14.2 Å². The summed E-state index contributed by atoms with van der Waals surface area (Å²) in [6.07, 6.45) is 2.44. The first kappa shape index (κ1) is 19.1. The number of benzene rings is 2. The van der Waals surface area contributed by atoms with Crippen molar-refractivity contribution < 1.29 is 14.3 Å². The lowest BCUT2D eigenvalue weighted by molar-refractivity contribution is -0.142. The van der Waals surface area contributed by atoms with Gasteiger partial charge in [0, 0.05) is 18.2 Å². The molecule has 2 aromatic heterocycles. The first-order valence-corrected chi connectivity index (χ1v) is 10.1. The molecule has 1 saturated carbocycles. The van der Waals surface area contributed by atoms with Gasteiger partial charge in [-0.1, -0.05) is 30.3 Å². The third-order valence-electron chi connectivity index (χ3n) is 5.55. The third kappa shape index (κ3) is 3.82. The Morgan fingerprint density at radius 1 is 1.16 bits per heavy atom. The van der Waals surface area contributed by atoms with E-state index in [1.165, 1.54) is 13.2 Å². The van der Waals surface area contributed by atoms with E-state index in [1.807, 2.05) is 48.5 Å². The van der Waals surface area contributed by atoms with Gasteiger partial charge in [-0.15, -0.1) is 0 Å². The molecule has 0 saturated heterocycles. The lowest BCUT2D eigenvalue weighted by atomic mass is 10.2. The molecule has 0 bridgehead atoms. The lowest BCUT2D eigenvalue weighted by Gasteiger charge is -2.09. The molecule has 0 spiro atoms. The van der Waals surface area contributed by atoms with Gasteiger partial charge in [0.2, 0.25) is 0 Å². The highest BCUT2D eigenvalue weighted by Crippen LogP contribution is 2.47. The third-order valence-corrected chi connectivity index (χ3v) is 5.55. The van der Waals surface area contributed by atoms with E-state index in [1.54, 1.807) is 16.8 Å². The van der Waals surface area contributed by atoms with Crippen molar-refractivity contribution in [2.45, 2.75) is 18.9 Å². The molecule has 5 rings (SSSR count). The number of H-pyrrole nitrogens is 1. The Morgan fingerprint density at radius 2 is 2.00 bits per heavy atom. The van der Waals surface area contributed by atoms with Gasteiger partial charge in [0.15, 0.2) is 0 Å². The first-order chi connectivity index (χ1) is 15.1. The Bertz CT molecular complexity index is 1310. The number of hydrogen-bond acceptors (Lipinski definition) is 5. The summed E-state index contributed by atoms with van der Waals surface area (Å²) >= 11 is 0. The number of rotatable bonds is 6. The van der Waals surface area contributed by atoms with Crippen molar-refractivity contribution in [1.29, 1.82) is 0 Å². The number of ether oxygens (including phenoxy) is 2. The Morgan fingerprint density at radius 3 is 2.77 bits per heavy atom. The number of hydrogen-bond donors (Lipinski definition) is 1. The van der Waals surface area contributed by atoms with Crippen LogP contribution in [0.25, 0.3) is 16.7 Å². The molecule has 1 N–H and O–H groups in total. The maximum atomic E-state index is 12.7. The Kier molecular flexibility index (Phi) is 4.78. The highest BCUT2D eigenvalue weighted by molar-refractivity contribution is 5.80. The predicted octanol–water partition coefficient (Wildman–Crippen LogP) is 3.57. The van der Waals surface area contributed by atoms with Gasteiger partial charge < -0.3 is 14.5 Å². The van der Waals surface area contributed by atoms with E-state index in [4.69, 9.17) is 9.47 Å². The van der Waals surface area contributed by atoms with Crippen LogP contribution in [0, 0.1) is 5.92 Å². The van der Waals surface area contributed by atoms with Crippen LogP contribution in [-0.4, -0.2) is 27.6 Å². The second kappa shape index (κ2) is 7.75. The van der Waals surface area contributed by atoms with Gasteiger partial charge in [-0.2, -0.15) is 0 Å². The number of imidazole rings is 1. The summed E-state index contributed by atoms with van der Waals surface area (Å²) in [5.74, 6) is 1.03. The van der Waals surface area contributed by atoms with Crippen LogP contribution in [0.2, 0.25) is 0 Å². The number of fused-ring (bicyclic) bond motifs is 1. The second-order valence-electron chi connectivity index (χ2n) is 7.64. The van der Waals surface area contributed by atoms with Crippen LogP contribution in [0.4, 0.5) is 0 Å². The fraction of sp³-hybridized carbons (Fsp3) is 0.208. The molecule has 2 unspecified atom stereocenters. The van der Waals surface area contributed by atoms with Crippen LogP contribution in [-0.2, 0) is 16.1 Å². The Hall–Kier alpha value is -3.87. The maximum Gasteiger partial charge on any atom is 0.309 e. The molecule has 0 radical (unpaired) electrons. The Balaban J connectivity index is 1.35. The van der Waals surface area contributed by atoms with Crippen molar-refractivity contribution in [3.05, 3.63) is 88.6 Å². The SMILES string of the molecule is COC(=O)C1CC1c1nc2ccc(-n3ccc(OCc4ccccc4)cc3=O)cc2[nH]1. The number of nitrogens with one attached hydrogen (secondary N) is 1. The van der Waals surface area contributed by atoms with E-state index in [0.29, 0.717) is 12.4 Å². The molecule has 7 nitrogen and oxygen atoms in total. The van der Waals surface area contributed by atoms with E-state index in [-0.39, 0.29) is 23.4 Å². The van der Waals surface area contributed by atoms with Crippen LogP contribution in [0.15, 0.2) is 71.7 Å². The monoisotopic (exact) mass is 415 g/mol. The van der Waals surface area contributed by atoms with Gasteiger partial charge >= 0.3 is 5.97 Å². The molecule has 156 valence electrons. The van der Waals surface area contributed by atoms with Gasteiger partial charge in [0.1, 0.15) is 18.2 Å². The number of esters is 1. The molecule has 7 heteroatoms. The summed E-state index contributed by atoms with van der Waals surface area (Å²) in [6, 6.07) is 18.7. The topological polar surface area (TPSA) is 86.2 Å². The molecule has 2 heterocycles. The molecule has 1 aliphatic rings. The zero-order valence-electron chi connectivity index (χ0n) is 16.9. The van der Waals surface area contributed by atoms with E-state index >= 15 is 0 Å². The van der Waals surface area contributed by atoms with E-state index < -0.39 is 0 Å². The molecular weight excluding hydrogens is 394 g/mol. The zero-order valence-corrected chi connectivity index (χ0v) is 16.9. The summed E-state index contributed by atoms with van der Waals surface area (Å²) in [6.45, 7) is 0.404. The van der Waals surface area contributed by atoms with Crippen molar-refractivity contribution >= 4 is 17.0 Å². The Labute approximate surface area is 178 Å². The van der Waals surface area contributed by atoms with Crippen molar-refractivity contribution in [2.75, 3.05) is 7.11 Å². The minimum Gasteiger partial charge on any atom is -0.489 e. The number of methoxy groups -OCH3 is 1. The minimum absolute atomic E-state index is 0.0621. The van der Waals surface area contributed by atoms with Gasteiger partial charge in [-0.05, 0) is 36.2 Å². The van der Waals surface area contributed by atoms with E-state index in [2.05, 4.69) is 9.97 Å². The van der Waals surface area contributed by atoms with Crippen molar-refractivity contribution in [3.63, 3.8) is 0 Å². The normalized spacial score (nSPS) is 17.5. The molecule has 2 atom stereocenters. The van der Waals surface area contributed by atoms with Crippen LogP contribution >= 0.6 is 0 Å². The summed E-state index contributed by atoms with van der Waals surface area (Å²) in [5.41, 5.74) is 3.20. The number of nitrogens with zero attached hydrogens (tertiary/aromatic N) is 2. The van der Waals surface area contributed by atoms with Gasteiger partial charge in [0.05, 0.1) is 29.7 Å². The molecule has 31 heavy (non-hydrogen) atoms. The molecule has 0 aliphatic heterocycles. The largest absolute Gasteiger partial charge is 0.489 e. The van der Waals surface area contributed by atoms with Crippen molar-refractivity contribution in [1.82, 2.24) is 14.5 Å². The lowest BCUT2D eigenvalue weighted by Crippen LogP contribution is -2.16. The van der Waals surface area contributed by atoms with Gasteiger partial charge in [-0.25, -0.2) is 4.98 Å². The molecule has 1 aliphatic carbocycles. The number of aromatic nitrogens is 3. The molecule has 2 aromatic carbocycles. The van der Waals surface area contributed by atoms with Crippen molar-refractivity contribution in [2.24, 2.45) is 5.92 Å². The smallest absolute Gasteiger partial charge is 0.309 e. The fourth-order valence-electron chi connectivity index (χ4n) is 3.76. The minimum atomic E-state index is -0.202. The average molecular weight is 415 g/mol. The highest BCUT2D eigenvalue weighted by atomic mass is 16.5. The fourth-order valence-corrected chi connectivity index (χ4v) is 3.76. The van der Waals surface area contributed by atoms with E-state index in [9.17, 15) is 9.59 Å². The van der Waals surface area contributed by atoms with Crippen LogP contribution in [0.5, 0.6) is 5.75 Å². The van der Waals surface area contributed by atoms with Crippen LogP contribution in [0.1, 0.15) is 23.7 Å². The quantitative estimate of drug-likeness (QED) is 0.487. The van der Waals surface area contributed by atoms with Crippen LogP contribution < -0.4 is 10.3 Å². The standard InChI is InChI=1S/C24H21N3O4/c1-30-24(29)19-13-18(19)23-25-20-8-7-16(11-21(20)26-23)27-10-9-17(12-22(27)28)31-14-15-5-3-2-4-6-15/h2-12,18-19H,13-14H2,1H3,(H,25,26). The average Bonchev–Trinajstić information content (AvgIpc) is 3.49.